The third kappa shape index (κ3) is 2.00. The number of nitrogens with zero attached hydrogens (tertiary/aromatic N) is 1. The van der Waals surface area contributed by atoms with Crippen molar-refractivity contribution >= 4 is 11.8 Å². The highest BCUT2D eigenvalue weighted by Gasteiger charge is 2.32. The zero-order chi connectivity index (χ0) is 12.6. The van der Waals surface area contributed by atoms with Crippen LogP contribution in [0.2, 0.25) is 0 Å². The number of rotatable bonds is 2. The van der Waals surface area contributed by atoms with Crippen LogP contribution < -0.4 is 0 Å². The molecule has 17 heavy (non-hydrogen) atoms. The maximum atomic E-state index is 11.8. The van der Waals surface area contributed by atoms with Crippen LogP contribution in [0.3, 0.4) is 0 Å². The van der Waals surface area contributed by atoms with Gasteiger partial charge >= 0.3 is 0 Å². The van der Waals surface area contributed by atoms with E-state index in [4.69, 9.17) is 0 Å². The van der Waals surface area contributed by atoms with Crippen molar-refractivity contribution in [2.45, 2.75) is 26.8 Å². The molecule has 0 saturated heterocycles. The summed E-state index contributed by atoms with van der Waals surface area (Å²) in [6, 6.07) is 7.65. The molecule has 0 aromatic heterocycles. The van der Waals surface area contributed by atoms with Gasteiger partial charge in [0.2, 0.25) is 0 Å². The topological polar surface area (TPSA) is 37.4 Å². The van der Waals surface area contributed by atoms with E-state index in [1.54, 1.807) is 6.92 Å². The third-order valence-electron chi connectivity index (χ3n) is 3.08. The minimum Gasteiger partial charge on any atom is -0.269 e. The standard InChI is InChI=1S/C14H15NO2/c1-9-4-6-12(7-5-9)11(3)15-13(16)8-10(2)14(15)17/h4-8,11H,1-3H3. The van der Waals surface area contributed by atoms with Crippen molar-refractivity contribution in [3.8, 4) is 0 Å². The van der Waals surface area contributed by atoms with Crippen LogP contribution in [0.1, 0.15) is 31.0 Å². The van der Waals surface area contributed by atoms with Gasteiger partial charge in [-0.15, -0.1) is 0 Å². The van der Waals surface area contributed by atoms with Gasteiger partial charge < -0.3 is 0 Å². The third-order valence-corrected chi connectivity index (χ3v) is 3.08. The average molecular weight is 229 g/mol. The van der Waals surface area contributed by atoms with Gasteiger partial charge in [0.25, 0.3) is 11.8 Å². The van der Waals surface area contributed by atoms with Crippen LogP contribution in [0, 0.1) is 6.92 Å². The summed E-state index contributed by atoms with van der Waals surface area (Å²) in [6.07, 6.45) is 1.40. The molecule has 1 atom stereocenters. The van der Waals surface area contributed by atoms with Gasteiger partial charge in [-0.3, -0.25) is 14.5 Å². The Morgan fingerprint density at radius 3 is 2.12 bits per heavy atom. The predicted molar refractivity (Wildman–Crippen MR) is 65.2 cm³/mol. The largest absolute Gasteiger partial charge is 0.269 e. The van der Waals surface area contributed by atoms with Gasteiger partial charge in [-0.2, -0.15) is 0 Å². The normalized spacial score (nSPS) is 17.4. The number of benzene rings is 1. The van der Waals surface area contributed by atoms with Crippen LogP contribution >= 0.6 is 0 Å². The van der Waals surface area contributed by atoms with E-state index in [2.05, 4.69) is 0 Å². The van der Waals surface area contributed by atoms with Crippen molar-refractivity contribution in [3.05, 3.63) is 47.0 Å². The number of imide groups is 1. The first-order chi connectivity index (χ1) is 8.00. The Balaban J connectivity index is 2.27. The van der Waals surface area contributed by atoms with E-state index < -0.39 is 0 Å². The summed E-state index contributed by atoms with van der Waals surface area (Å²) in [5.41, 5.74) is 2.64. The zero-order valence-electron chi connectivity index (χ0n) is 10.2. The fourth-order valence-electron chi connectivity index (χ4n) is 1.97. The summed E-state index contributed by atoms with van der Waals surface area (Å²) < 4.78 is 0. The molecule has 0 bridgehead atoms. The lowest BCUT2D eigenvalue weighted by molar-refractivity contribution is -0.139. The first kappa shape index (κ1) is 11.6. The van der Waals surface area contributed by atoms with Crippen molar-refractivity contribution in [1.29, 1.82) is 0 Å². The summed E-state index contributed by atoms with van der Waals surface area (Å²) in [5, 5.41) is 0. The Morgan fingerprint density at radius 1 is 1.06 bits per heavy atom. The van der Waals surface area contributed by atoms with Crippen LogP contribution in [-0.2, 0) is 9.59 Å². The number of hydrogen-bond acceptors (Lipinski definition) is 2. The lowest BCUT2D eigenvalue weighted by Gasteiger charge is -2.23. The molecule has 88 valence electrons. The van der Waals surface area contributed by atoms with Gasteiger partial charge in [0.05, 0.1) is 6.04 Å². The van der Waals surface area contributed by atoms with Crippen molar-refractivity contribution < 1.29 is 9.59 Å². The maximum Gasteiger partial charge on any atom is 0.257 e. The molecule has 1 heterocycles. The van der Waals surface area contributed by atoms with E-state index in [1.165, 1.54) is 11.0 Å². The molecule has 0 aliphatic carbocycles. The Morgan fingerprint density at radius 2 is 1.65 bits per heavy atom. The van der Waals surface area contributed by atoms with Gasteiger partial charge in [0.1, 0.15) is 0 Å². The van der Waals surface area contributed by atoms with Gasteiger partial charge in [-0.05, 0) is 26.3 Å². The van der Waals surface area contributed by atoms with E-state index >= 15 is 0 Å². The molecule has 1 aromatic rings. The summed E-state index contributed by atoms with van der Waals surface area (Å²) in [7, 11) is 0. The molecule has 1 aliphatic heterocycles. The van der Waals surface area contributed by atoms with E-state index in [9.17, 15) is 9.59 Å². The molecule has 1 aromatic carbocycles. The Hall–Kier alpha value is -1.90. The first-order valence-electron chi connectivity index (χ1n) is 5.63. The van der Waals surface area contributed by atoms with Crippen molar-refractivity contribution in [2.75, 3.05) is 0 Å². The molecule has 0 fully saturated rings. The lowest BCUT2D eigenvalue weighted by atomic mass is 10.1. The minimum atomic E-state index is -0.222. The number of aryl methyl sites for hydroxylation is 1. The quantitative estimate of drug-likeness (QED) is 0.730. The maximum absolute atomic E-state index is 11.8. The SMILES string of the molecule is CC1=CC(=O)N(C(C)c2ccc(C)cc2)C1=O. The lowest BCUT2D eigenvalue weighted by Crippen LogP contribution is -2.33. The van der Waals surface area contributed by atoms with E-state index in [0.717, 1.165) is 11.1 Å². The van der Waals surface area contributed by atoms with Crippen LogP contribution in [0.5, 0.6) is 0 Å². The molecule has 1 aliphatic rings. The first-order valence-corrected chi connectivity index (χ1v) is 5.63. The fraction of sp³-hybridized carbons (Fsp3) is 0.286. The average Bonchev–Trinajstić information content (AvgIpc) is 2.53. The predicted octanol–water partition coefficient (Wildman–Crippen LogP) is 2.37. The van der Waals surface area contributed by atoms with Crippen molar-refractivity contribution in [1.82, 2.24) is 4.90 Å². The number of amides is 2. The van der Waals surface area contributed by atoms with Crippen LogP contribution in [0.4, 0.5) is 0 Å². The Bertz CT molecular complexity index is 499. The fourth-order valence-corrected chi connectivity index (χ4v) is 1.97. The molecule has 2 amide bonds. The van der Waals surface area contributed by atoms with Crippen LogP contribution in [0.25, 0.3) is 0 Å². The Labute approximate surface area is 101 Å². The number of hydrogen-bond donors (Lipinski definition) is 0. The second-order valence-corrected chi connectivity index (χ2v) is 4.43. The minimum absolute atomic E-state index is 0.192. The molecule has 0 radical (unpaired) electrons. The molecular formula is C14H15NO2. The molecule has 1 unspecified atom stereocenters. The van der Waals surface area contributed by atoms with Gasteiger partial charge in [-0.25, -0.2) is 0 Å². The van der Waals surface area contributed by atoms with Crippen molar-refractivity contribution in [2.24, 2.45) is 0 Å². The summed E-state index contributed by atoms with van der Waals surface area (Å²) in [5.74, 6) is -0.413. The number of carbonyl (C=O) groups excluding carboxylic acids is 2. The second kappa shape index (κ2) is 4.17. The van der Waals surface area contributed by atoms with E-state index in [-0.39, 0.29) is 17.9 Å². The zero-order valence-corrected chi connectivity index (χ0v) is 10.2. The summed E-state index contributed by atoms with van der Waals surface area (Å²) >= 11 is 0. The highest BCUT2D eigenvalue weighted by atomic mass is 16.2. The second-order valence-electron chi connectivity index (χ2n) is 4.43. The molecule has 0 N–H and O–H groups in total. The molecule has 3 heteroatoms. The highest BCUT2D eigenvalue weighted by molar-refractivity contribution is 6.16. The van der Waals surface area contributed by atoms with E-state index in [1.807, 2.05) is 38.1 Å². The summed E-state index contributed by atoms with van der Waals surface area (Å²) in [6.45, 7) is 5.54. The Kier molecular flexibility index (Phi) is 2.84. The van der Waals surface area contributed by atoms with Crippen molar-refractivity contribution in [3.63, 3.8) is 0 Å². The van der Waals surface area contributed by atoms with Gasteiger partial charge in [0, 0.05) is 11.6 Å². The van der Waals surface area contributed by atoms with Gasteiger partial charge in [0.15, 0.2) is 0 Å². The molecule has 3 nitrogen and oxygen atoms in total. The summed E-state index contributed by atoms with van der Waals surface area (Å²) in [4.78, 5) is 24.8. The molecule has 0 spiro atoms. The van der Waals surface area contributed by atoms with E-state index in [0.29, 0.717) is 5.57 Å². The number of carbonyl (C=O) groups is 2. The highest BCUT2D eigenvalue weighted by Crippen LogP contribution is 2.26. The molecule has 0 saturated carbocycles. The van der Waals surface area contributed by atoms with Gasteiger partial charge in [-0.1, -0.05) is 29.8 Å². The monoisotopic (exact) mass is 229 g/mol. The molecular weight excluding hydrogens is 214 g/mol. The van der Waals surface area contributed by atoms with Crippen LogP contribution in [-0.4, -0.2) is 16.7 Å². The smallest absolute Gasteiger partial charge is 0.257 e. The molecule has 2 rings (SSSR count). The van der Waals surface area contributed by atoms with Crippen LogP contribution in [0.15, 0.2) is 35.9 Å².